The lowest BCUT2D eigenvalue weighted by atomic mass is 10.00. The number of nitrogens with zero attached hydrogens (tertiary/aromatic N) is 4. The third kappa shape index (κ3) is 3.31. The molecule has 1 unspecified atom stereocenters. The molecule has 3 heterocycles. The highest BCUT2D eigenvalue weighted by molar-refractivity contribution is 5.82. The van der Waals surface area contributed by atoms with Crippen molar-refractivity contribution in [2.75, 3.05) is 5.32 Å². The predicted molar refractivity (Wildman–Crippen MR) is 104 cm³/mol. The molecule has 0 fully saturated rings. The fourth-order valence-corrected chi connectivity index (χ4v) is 2.66. The first-order chi connectivity index (χ1) is 12.0. The Bertz CT molecular complexity index is 938. The van der Waals surface area contributed by atoms with Gasteiger partial charge in [-0.1, -0.05) is 26.2 Å². The SMILES string of the molecule is C=Cc1cnn2ccc(C(=C)c3cnc(NC(C)CC)nc3C)cc12. The second-order valence-electron chi connectivity index (χ2n) is 6.17. The van der Waals surface area contributed by atoms with E-state index in [9.17, 15) is 0 Å². The average Bonchev–Trinajstić information content (AvgIpc) is 3.03. The molecule has 3 rings (SSSR count). The number of hydrogen-bond acceptors (Lipinski definition) is 4. The van der Waals surface area contributed by atoms with Gasteiger partial charge in [0.15, 0.2) is 0 Å². The summed E-state index contributed by atoms with van der Waals surface area (Å²) in [5.74, 6) is 0.656. The number of hydrogen-bond donors (Lipinski definition) is 1. The molecule has 3 aromatic rings. The van der Waals surface area contributed by atoms with Crippen molar-refractivity contribution in [3.63, 3.8) is 0 Å². The number of nitrogens with one attached hydrogen (secondary N) is 1. The quantitative estimate of drug-likeness (QED) is 0.729. The van der Waals surface area contributed by atoms with Crippen LogP contribution in [0, 0.1) is 6.92 Å². The lowest BCUT2D eigenvalue weighted by Crippen LogP contribution is -2.16. The van der Waals surface area contributed by atoms with Crippen LogP contribution in [-0.4, -0.2) is 25.6 Å². The van der Waals surface area contributed by atoms with Gasteiger partial charge >= 0.3 is 0 Å². The third-order valence-electron chi connectivity index (χ3n) is 4.41. The molecular weight excluding hydrogens is 310 g/mol. The molecule has 0 saturated carbocycles. The number of aromatic nitrogens is 4. The summed E-state index contributed by atoms with van der Waals surface area (Å²) in [6, 6.07) is 4.41. The van der Waals surface area contributed by atoms with Gasteiger partial charge in [0.05, 0.1) is 17.4 Å². The van der Waals surface area contributed by atoms with E-state index >= 15 is 0 Å². The van der Waals surface area contributed by atoms with Gasteiger partial charge < -0.3 is 5.32 Å². The Morgan fingerprint density at radius 1 is 1.40 bits per heavy atom. The van der Waals surface area contributed by atoms with Crippen molar-refractivity contribution in [1.29, 1.82) is 0 Å². The van der Waals surface area contributed by atoms with Gasteiger partial charge in [-0.2, -0.15) is 5.10 Å². The summed E-state index contributed by atoms with van der Waals surface area (Å²) >= 11 is 0. The largest absolute Gasteiger partial charge is 0.352 e. The minimum absolute atomic E-state index is 0.343. The predicted octanol–water partition coefficient (Wildman–Crippen LogP) is 4.35. The normalized spacial score (nSPS) is 12.1. The topological polar surface area (TPSA) is 55.1 Å². The molecule has 128 valence electrons. The van der Waals surface area contributed by atoms with Crippen molar-refractivity contribution in [2.24, 2.45) is 0 Å². The van der Waals surface area contributed by atoms with Crippen molar-refractivity contribution < 1.29 is 0 Å². The van der Waals surface area contributed by atoms with Crippen molar-refractivity contribution in [2.45, 2.75) is 33.2 Å². The van der Waals surface area contributed by atoms with Crippen LogP contribution < -0.4 is 5.32 Å². The molecule has 0 bridgehead atoms. The van der Waals surface area contributed by atoms with E-state index in [1.807, 2.05) is 29.9 Å². The Kier molecular flexibility index (Phi) is 4.65. The molecule has 0 aromatic carbocycles. The van der Waals surface area contributed by atoms with E-state index in [-0.39, 0.29) is 0 Å². The average molecular weight is 333 g/mol. The van der Waals surface area contributed by atoms with Crippen LogP contribution in [0.1, 0.15) is 42.7 Å². The lowest BCUT2D eigenvalue weighted by molar-refractivity contribution is 0.751. The van der Waals surface area contributed by atoms with Crippen LogP contribution in [-0.2, 0) is 0 Å². The molecule has 25 heavy (non-hydrogen) atoms. The molecule has 1 atom stereocenters. The van der Waals surface area contributed by atoms with Crippen molar-refractivity contribution in [3.8, 4) is 0 Å². The monoisotopic (exact) mass is 333 g/mol. The molecule has 0 aliphatic heterocycles. The number of fused-ring (bicyclic) bond motifs is 1. The Hall–Kier alpha value is -2.95. The van der Waals surface area contributed by atoms with Crippen LogP contribution in [0.25, 0.3) is 17.2 Å². The zero-order valence-electron chi connectivity index (χ0n) is 15.0. The van der Waals surface area contributed by atoms with E-state index in [0.29, 0.717) is 12.0 Å². The highest BCUT2D eigenvalue weighted by Crippen LogP contribution is 2.26. The minimum atomic E-state index is 0.343. The first-order valence-electron chi connectivity index (χ1n) is 8.43. The summed E-state index contributed by atoms with van der Waals surface area (Å²) in [7, 11) is 0. The van der Waals surface area contributed by atoms with E-state index in [1.54, 1.807) is 12.3 Å². The fraction of sp³-hybridized carbons (Fsp3) is 0.250. The Morgan fingerprint density at radius 3 is 2.88 bits per heavy atom. The summed E-state index contributed by atoms with van der Waals surface area (Å²) in [5.41, 5.74) is 5.76. The zero-order valence-corrected chi connectivity index (χ0v) is 15.0. The Labute approximate surface area is 148 Å². The zero-order chi connectivity index (χ0) is 18.0. The van der Waals surface area contributed by atoms with Gasteiger partial charge in [-0.25, -0.2) is 14.5 Å². The van der Waals surface area contributed by atoms with Crippen LogP contribution >= 0.6 is 0 Å². The van der Waals surface area contributed by atoms with E-state index < -0.39 is 0 Å². The highest BCUT2D eigenvalue weighted by atomic mass is 15.2. The molecule has 0 amide bonds. The van der Waals surface area contributed by atoms with Gasteiger partial charge in [0.1, 0.15) is 0 Å². The maximum atomic E-state index is 4.58. The molecule has 0 aliphatic rings. The number of aryl methyl sites for hydroxylation is 1. The van der Waals surface area contributed by atoms with Crippen LogP contribution in [0.5, 0.6) is 0 Å². The number of pyridine rings is 1. The van der Waals surface area contributed by atoms with Gasteiger partial charge in [0.2, 0.25) is 5.95 Å². The molecule has 3 aromatic heterocycles. The summed E-state index contributed by atoms with van der Waals surface area (Å²) in [4.78, 5) is 9.02. The van der Waals surface area contributed by atoms with Gasteiger partial charge in [0, 0.05) is 29.6 Å². The molecule has 1 N–H and O–H groups in total. The number of anilines is 1. The van der Waals surface area contributed by atoms with Crippen molar-refractivity contribution in [1.82, 2.24) is 19.6 Å². The molecular formula is C20H23N5. The first kappa shape index (κ1) is 16.9. The van der Waals surface area contributed by atoms with Crippen LogP contribution in [0.3, 0.4) is 0 Å². The van der Waals surface area contributed by atoms with Gasteiger partial charge in [-0.05, 0) is 43.5 Å². The molecule has 0 saturated heterocycles. The van der Waals surface area contributed by atoms with Gasteiger partial charge in [-0.15, -0.1) is 0 Å². The summed E-state index contributed by atoms with van der Waals surface area (Å²) in [6.45, 7) is 14.3. The fourth-order valence-electron chi connectivity index (χ4n) is 2.66. The number of rotatable bonds is 6. The van der Waals surface area contributed by atoms with E-state index in [0.717, 1.165) is 39.9 Å². The van der Waals surface area contributed by atoms with Crippen LogP contribution in [0.2, 0.25) is 0 Å². The summed E-state index contributed by atoms with van der Waals surface area (Å²) in [5, 5.41) is 7.61. The maximum Gasteiger partial charge on any atom is 0.223 e. The molecule has 0 spiro atoms. The van der Waals surface area contributed by atoms with E-state index in [4.69, 9.17) is 0 Å². The second kappa shape index (κ2) is 6.89. The van der Waals surface area contributed by atoms with Crippen LogP contribution in [0.4, 0.5) is 5.95 Å². The smallest absolute Gasteiger partial charge is 0.223 e. The van der Waals surface area contributed by atoms with Gasteiger partial charge in [-0.3, -0.25) is 0 Å². The molecule has 5 nitrogen and oxygen atoms in total. The minimum Gasteiger partial charge on any atom is -0.352 e. The third-order valence-corrected chi connectivity index (χ3v) is 4.41. The second-order valence-corrected chi connectivity index (χ2v) is 6.17. The standard InChI is InChI=1S/C20H23N5/c1-6-13(3)23-20-21-12-18(15(5)24-20)14(4)17-8-9-25-19(10-17)16(7-2)11-22-25/h7-13H,2,4,6H2,1,3,5H3,(H,21,23,24). The van der Waals surface area contributed by atoms with E-state index in [1.165, 1.54) is 0 Å². The first-order valence-corrected chi connectivity index (χ1v) is 8.43. The van der Waals surface area contributed by atoms with E-state index in [2.05, 4.69) is 53.5 Å². The molecule has 0 aliphatic carbocycles. The van der Waals surface area contributed by atoms with Crippen molar-refractivity contribution in [3.05, 3.63) is 66.3 Å². The summed E-state index contributed by atoms with van der Waals surface area (Å²) in [6.07, 6.45) is 8.40. The van der Waals surface area contributed by atoms with Gasteiger partial charge in [0.25, 0.3) is 0 Å². The molecule has 0 radical (unpaired) electrons. The maximum absolute atomic E-state index is 4.58. The Balaban J connectivity index is 1.93. The lowest BCUT2D eigenvalue weighted by Gasteiger charge is -2.14. The molecule has 5 heteroatoms. The summed E-state index contributed by atoms with van der Waals surface area (Å²) < 4.78 is 1.83. The van der Waals surface area contributed by atoms with Crippen molar-refractivity contribution >= 4 is 23.1 Å². The highest BCUT2D eigenvalue weighted by Gasteiger charge is 2.11. The Morgan fingerprint density at radius 2 is 2.20 bits per heavy atom. The van der Waals surface area contributed by atoms with Crippen LogP contribution in [0.15, 0.2) is 43.9 Å².